The first-order valence-electron chi connectivity index (χ1n) is 7.19. The molecule has 1 unspecified atom stereocenters. The van der Waals surface area contributed by atoms with Crippen LogP contribution >= 0.6 is 0 Å². The Morgan fingerprint density at radius 3 is 3.06 bits per heavy atom. The standard InChI is InChI=1S/C14H23N3O/c1-2-5-14(4-1)11-13(3-10-18-14)16-7-9-17-8-6-15-12-17/h6,8,12-13,16H,1-5,7,9-11H2. The maximum absolute atomic E-state index is 6.05. The Morgan fingerprint density at radius 2 is 2.28 bits per heavy atom. The van der Waals surface area contributed by atoms with Gasteiger partial charge in [0.25, 0.3) is 0 Å². The van der Waals surface area contributed by atoms with Gasteiger partial charge in [0.15, 0.2) is 0 Å². The van der Waals surface area contributed by atoms with E-state index in [1.165, 1.54) is 32.1 Å². The van der Waals surface area contributed by atoms with Crippen LogP contribution in [0.4, 0.5) is 0 Å². The first kappa shape index (κ1) is 12.2. The van der Waals surface area contributed by atoms with Gasteiger partial charge in [0, 0.05) is 38.1 Å². The third kappa shape index (κ3) is 2.75. The summed E-state index contributed by atoms with van der Waals surface area (Å²) in [4.78, 5) is 4.06. The van der Waals surface area contributed by atoms with Gasteiger partial charge in [-0.1, -0.05) is 12.8 Å². The van der Waals surface area contributed by atoms with Crippen LogP contribution in [-0.4, -0.2) is 34.3 Å². The highest BCUT2D eigenvalue weighted by Crippen LogP contribution is 2.39. The topological polar surface area (TPSA) is 39.1 Å². The molecule has 0 radical (unpaired) electrons. The highest BCUT2D eigenvalue weighted by atomic mass is 16.5. The van der Waals surface area contributed by atoms with Gasteiger partial charge in [-0.15, -0.1) is 0 Å². The van der Waals surface area contributed by atoms with Crippen molar-refractivity contribution in [2.45, 2.75) is 56.7 Å². The van der Waals surface area contributed by atoms with Crippen molar-refractivity contribution in [3.05, 3.63) is 18.7 Å². The van der Waals surface area contributed by atoms with Crippen LogP contribution in [0, 0.1) is 0 Å². The molecule has 1 aliphatic heterocycles. The second-order valence-corrected chi connectivity index (χ2v) is 5.68. The third-order valence-electron chi connectivity index (χ3n) is 4.37. The average Bonchev–Trinajstić information content (AvgIpc) is 3.02. The van der Waals surface area contributed by atoms with E-state index in [2.05, 4.69) is 14.9 Å². The van der Waals surface area contributed by atoms with Gasteiger partial charge in [0.05, 0.1) is 11.9 Å². The number of nitrogens with one attached hydrogen (secondary N) is 1. The monoisotopic (exact) mass is 249 g/mol. The number of hydrogen-bond acceptors (Lipinski definition) is 3. The minimum Gasteiger partial charge on any atom is -0.375 e. The molecule has 1 atom stereocenters. The molecule has 100 valence electrons. The molecule has 1 aliphatic carbocycles. The van der Waals surface area contributed by atoms with Crippen LogP contribution in [0.1, 0.15) is 38.5 Å². The van der Waals surface area contributed by atoms with Crippen molar-refractivity contribution in [3.63, 3.8) is 0 Å². The number of aromatic nitrogens is 2. The zero-order chi connectivity index (χ0) is 12.3. The second-order valence-electron chi connectivity index (χ2n) is 5.68. The average molecular weight is 249 g/mol. The minimum absolute atomic E-state index is 0.227. The van der Waals surface area contributed by atoms with Crippen molar-refractivity contribution >= 4 is 0 Å². The summed E-state index contributed by atoms with van der Waals surface area (Å²) in [6.07, 6.45) is 13.3. The second kappa shape index (κ2) is 5.41. The smallest absolute Gasteiger partial charge is 0.0946 e. The lowest BCUT2D eigenvalue weighted by Gasteiger charge is -2.38. The van der Waals surface area contributed by atoms with E-state index in [4.69, 9.17) is 4.74 Å². The fraction of sp³-hybridized carbons (Fsp3) is 0.786. The molecule has 1 aromatic heterocycles. The van der Waals surface area contributed by atoms with Crippen LogP contribution in [0.5, 0.6) is 0 Å². The van der Waals surface area contributed by atoms with Crippen molar-refractivity contribution in [1.29, 1.82) is 0 Å². The number of rotatable bonds is 4. The van der Waals surface area contributed by atoms with Gasteiger partial charge in [0.1, 0.15) is 0 Å². The Kier molecular flexibility index (Phi) is 3.66. The Balaban J connectivity index is 1.45. The molecule has 18 heavy (non-hydrogen) atoms. The van der Waals surface area contributed by atoms with Crippen molar-refractivity contribution in [3.8, 4) is 0 Å². The SMILES string of the molecule is c1cn(CCNC2CCOC3(CCCC3)C2)cn1. The molecule has 1 saturated heterocycles. The lowest BCUT2D eigenvalue weighted by Crippen LogP contribution is -2.46. The first-order chi connectivity index (χ1) is 8.86. The molecule has 4 heteroatoms. The summed E-state index contributed by atoms with van der Waals surface area (Å²) >= 11 is 0. The molecule has 1 saturated carbocycles. The summed E-state index contributed by atoms with van der Waals surface area (Å²) < 4.78 is 8.18. The van der Waals surface area contributed by atoms with E-state index < -0.39 is 0 Å². The number of nitrogens with zero attached hydrogens (tertiary/aromatic N) is 2. The lowest BCUT2D eigenvalue weighted by atomic mass is 9.89. The molecule has 2 fully saturated rings. The predicted molar refractivity (Wildman–Crippen MR) is 70.4 cm³/mol. The maximum atomic E-state index is 6.05. The Morgan fingerprint density at radius 1 is 1.39 bits per heavy atom. The van der Waals surface area contributed by atoms with Gasteiger partial charge < -0.3 is 14.6 Å². The predicted octanol–water partition coefficient (Wildman–Crippen LogP) is 1.96. The fourth-order valence-electron chi connectivity index (χ4n) is 3.39. The molecular formula is C14H23N3O. The fourth-order valence-corrected chi connectivity index (χ4v) is 3.39. The Bertz CT molecular complexity index is 357. The molecule has 1 N–H and O–H groups in total. The van der Waals surface area contributed by atoms with Gasteiger partial charge in [-0.25, -0.2) is 4.98 Å². The molecule has 0 bridgehead atoms. The molecular weight excluding hydrogens is 226 g/mol. The lowest BCUT2D eigenvalue weighted by molar-refractivity contribution is -0.0835. The summed E-state index contributed by atoms with van der Waals surface area (Å²) in [6, 6.07) is 0.639. The van der Waals surface area contributed by atoms with Crippen molar-refractivity contribution in [2.75, 3.05) is 13.2 Å². The van der Waals surface area contributed by atoms with Crippen LogP contribution in [0.25, 0.3) is 0 Å². The largest absolute Gasteiger partial charge is 0.375 e. The molecule has 2 aliphatic rings. The van der Waals surface area contributed by atoms with Gasteiger partial charge >= 0.3 is 0 Å². The van der Waals surface area contributed by atoms with Crippen molar-refractivity contribution < 1.29 is 4.74 Å². The molecule has 0 aromatic carbocycles. The van der Waals surface area contributed by atoms with Gasteiger partial charge in [-0.2, -0.15) is 0 Å². The Hall–Kier alpha value is -0.870. The summed E-state index contributed by atoms with van der Waals surface area (Å²) in [5.41, 5.74) is 0.227. The summed E-state index contributed by atoms with van der Waals surface area (Å²) in [6.45, 7) is 2.96. The zero-order valence-electron chi connectivity index (χ0n) is 11.0. The van der Waals surface area contributed by atoms with E-state index >= 15 is 0 Å². The quantitative estimate of drug-likeness (QED) is 0.886. The van der Waals surface area contributed by atoms with Gasteiger partial charge in [-0.3, -0.25) is 0 Å². The summed E-state index contributed by atoms with van der Waals surface area (Å²) in [7, 11) is 0. The molecule has 2 heterocycles. The number of imidazole rings is 1. The maximum Gasteiger partial charge on any atom is 0.0946 e. The van der Waals surface area contributed by atoms with E-state index in [0.29, 0.717) is 6.04 Å². The highest BCUT2D eigenvalue weighted by molar-refractivity contribution is 4.93. The van der Waals surface area contributed by atoms with E-state index in [1.807, 2.05) is 18.7 Å². The van der Waals surface area contributed by atoms with E-state index in [1.54, 1.807) is 0 Å². The molecule has 3 rings (SSSR count). The molecule has 4 nitrogen and oxygen atoms in total. The summed E-state index contributed by atoms with van der Waals surface area (Å²) in [5, 5.41) is 3.68. The van der Waals surface area contributed by atoms with Crippen molar-refractivity contribution in [1.82, 2.24) is 14.9 Å². The highest BCUT2D eigenvalue weighted by Gasteiger charge is 2.39. The third-order valence-corrected chi connectivity index (χ3v) is 4.37. The van der Waals surface area contributed by atoms with Crippen LogP contribution in [0.2, 0.25) is 0 Å². The normalized spacial score (nSPS) is 26.8. The molecule has 1 spiro atoms. The van der Waals surface area contributed by atoms with Gasteiger partial charge in [-0.05, 0) is 25.7 Å². The minimum atomic E-state index is 0.227. The molecule has 1 aromatic rings. The number of hydrogen-bond donors (Lipinski definition) is 1. The van der Waals surface area contributed by atoms with Crippen LogP contribution in [0.3, 0.4) is 0 Å². The van der Waals surface area contributed by atoms with Gasteiger partial charge in [0.2, 0.25) is 0 Å². The first-order valence-corrected chi connectivity index (χ1v) is 7.19. The van der Waals surface area contributed by atoms with Crippen LogP contribution in [-0.2, 0) is 11.3 Å². The zero-order valence-corrected chi connectivity index (χ0v) is 11.0. The van der Waals surface area contributed by atoms with E-state index in [0.717, 1.165) is 26.1 Å². The molecule has 0 amide bonds. The Labute approximate surface area is 109 Å². The van der Waals surface area contributed by atoms with Crippen LogP contribution < -0.4 is 5.32 Å². The number of ether oxygens (including phenoxy) is 1. The van der Waals surface area contributed by atoms with Crippen molar-refractivity contribution in [2.24, 2.45) is 0 Å². The van der Waals surface area contributed by atoms with E-state index in [-0.39, 0.29) is 5.60 Å². The van der Waals surface area contributed by atoms with E-state index in [9.17, 15) is 0 Å². The summed E-state index contributed by atoms with van der Waals surface area (Å²) in [5.74, 6) is 0. The van der Waals surface area contributed by atoms with Crippen LogP contribution in [0.15, 0.2) is 18.7 Å².